The zero-order valence-electron chi connectivity index (χ0n) is 25.3. The summed E-state index contributed by atoms with van der Waals surface area (Å²) >= 11 is 0. The standard InChI is InChI=1S/C33H43F2N4O3P/c1-4-6-17-37-18-20-38(21-19-37)33(41)39-30(25-9-13-27(40)14-10-25)29(24-11-15-28(43)16-12-24)36-32(39)26(22-42-5-2)8-7-23(3)31(34)35/h7-16,29-31,40H,4-6,17-22,43H2,1-3H3/b23-7+,26-8+. The molecule has 0 saturated carbocycles. The number of alkyl halides is 2. The SMILES string of the molecule is CCCCN1CCN(C(=O)N2C(/C(=C/C=C(\C)C(F)F)COCC)=NC(c3ccc(P)cc3)C2c2ccc(O)cc2)CC1. The summed E-state index contributed by atoms with van der Waals surface area (Å²) in [5, 5.41) is 11.1. The third-order valence-electron chi connectivity index (χ3n) is 7.90. The lowest BCUT2D eigenvalue weighted by Crippen LogP contribution is -2.54. The van der Waals surface area contributed by atoms with E-state index in [9.17, 15) is 18.7 Å². The molecule has 232 valence electrons. The number of hydrogen-bond donors (Lipinski definition) is 1. The quantitative estimate of drug-likeness (QED) is 0.246. The van der Waals surface area contributed by atoms with E-state index in [1.165, 1.54) is 13.0 Å². The minimum atomic E-state index is -2.60. The van der Waals surface area contributed by atoms with Crippen molar-refractivity contribution in [2.75, 3.05) is 45.9 Å². The lowest BCUT2D eigenvalue weighted by atomic mass is 9.93. The number of halogens is 2. The molecule has 1 saturated heterocycles. The van der Waals surface area contributed by atoms with Gasteiger partial charge in [-0.1, -0.05) is 61.9 Å². The summed E-state index contributed by atoms with van der Waals surface area (Å²) in [7, 11) is 2.68. The van der Waals surface area contributed by atoms with Crippen molar-refractivity contribution in [1.29, 1.82) is 0 Å². The van der Waals surface area contributed by atoms with Crippen LogP contribution in [0.5, 0.6) is 5.75 Å². The van der Waals surface area contributed by atoms with Crippen molar-refractivity contribution < 1.29 is 23.4 Å². The number of amidine groups is 1. The molecule has 0 spiro atoms. The number of aliphatic imine (C=N–C) groups is 1. The van der Waals surface area contributed by atoms with Gasteiger partial charge in [-0.2, -0.15) is 0 Å². The summed E-state index contributed by atoms with van der Waals surface area (Å²) in [6.45, 7) is 9.67. The number of benzene rings is 2. The number of nitrogens with zero attached hydrogens (tertiary/aromatic N) is 4. The third-order valence-corrected chi connectivity index (χ3v) is 8.28. The number of carbonyl (C=O) groups is 1. The van der Waals surface area contributed by atoms with E-state index in [0.29, 0.717) is 31.1 Å². The zero-order valence-corrected chi connectivity index (χ0v) is 26.4. The minimum absolute atomic E-state index is 0.0867. The number of urea groups is 1. The lowest BCUT2D eigenvalue weighted by Gasteiger charge is -2.39. The predicted molar refractivity (Wildman–Crippen MR) is 171 cm³/mol. The third kappa shape index (κ3) is 8.28. The van der Waals surface area contributed by atoms with Crippen LogP contribution < -0.4 is 5.30 Å². The molecule has 2 heterocycles. The number of aromatic hydroxyl groups is 1. The maximum Gasteiger partial charge on any atom is 0.326 e. The Labute approximate surface area is 256 Å². The number of unbranched alkanes of at least 4 members (excludes halogenated alkanes) is 1. The number of amides is 2. The van der Waals surface area contributed by atoms with Crippen molar-refractivity contribution in [2.24, 2.45) is 4.99 Å². The monoisotopic (exact) mass is 612 g/mol. The Bertz CT molecular complexity index is 1310. The molecule has 2 amide bonds. The summed E-state index contributed by atoms with van der Waals surface area (Å²) in [5.41, 5.74) is 2.18. The van der Waals surface area contributed by atoms with Gasteiger partial charge in [0.25, 0.3) is 6.43 Å². The average molecular weight is 613 g/mol. The van der Waals surface area contributed by atoms with Gasteiger partial charge in [0.05, 0.1) is 12.6 Å². The van der Waals surface area contributed by atoms with Gasteiger partial charge < -0.3 is 14.7 Å². The van der Waals surface area contributed by atoms with Crippen molar-refractivity contribution in [2.45, 2.75) is 52.1 Å². The van der Waals surface area contributed by atoms with E-state index in [0.717, 1.165) is 48.9 Å². The van der Waals surface area contributed by atoms with Crippen molar-refractivity contribution >= 4 is 26.4 Å². The summed E-state index contributed by atoms with van der Waals surface area (Å²) in [6, 6.07) is 13.6. The number of allylic oxidation sites excluding steroid dienone is 3. The first-order chi connectivity index (χ1) is 20.7. The fraction of sp³-hybridized carbons (Fsp3) is 0.455. The number of ether oxygens (including phenoxy) is 1. The van der Waals surface area contributed by atoms with E-state index in [2.05, 4.69) is 21.1 Å². The molecule has 3 atom stereocenters. The molecule has 7 nitrogen and oxygen atoms in total. The van der Waals surface area contributed by atoms with Gasteiger partial charge in [-0.15, -0.1) is 9.24 Å². The Balaban J connectivity index is 1.82. The van der Waals surface area contributed by atoms with Crippen LogP contribution in [0.15, 0.2) is 76.8 Å². The highest BCUT2D eigenvalue weighted by molar-refractivity contribution is 7.27. The molecule has 0 radical (unpaired) electrons. The lowest BCUT2D eigenvalue weighted by molar-refractivity contribution is 0.118. The van der Waals surface area contributed by atoms with Gasteiger partial charge in [0.1, 0.15) is 17.6 Å². The van der Waals surface area contributed by atoms with Crippen molar-refractivity contribution in [1.82, 2.24) is 14.7 Å². The van der Waals surface area contributed by atoms with Crippen LogP contribution >= 0.6 is 9.24 Å². The van der Waals surface area contributed by atoms with E-state index < -0.39 is 18.5 Å². The highest BCUT2D eigenvalue weighted by Gasteiger charge is 2.44. The summed E-state index contributed by atoms with van der Waals surface area (Å²) in [5.74, 6) is 0.528. The molecule has 2 aliphatic rings. The van der Waals surface area contributed by atoms with E-state index in [4.69, 9.17) is 9.73 Å². The maximum atomic E-state index is 14.5. The fourth-order valence-corrected chi connectivity index (χ4v) is 5.53. The van der Waals surface area contributed by atoms with E-state index in [1.54, 1.807) is 23.1 Å². The van der Waals surface area contributed by atoms with Crippen LogP contribution in [-0.2, 0) is 4.74 Å². The highest BCUT2D eigenvalue weighted by Crippen LogP contribution is 2.44. The second-order valence-electron chi connectivity index (χ2n) is 11.0. The van der Waals surface area contributed by atoms with Gasteiger partial charge in [0.2, 0.25) is 0 Å². The van der Waals surface area contributed by atoms with Crippen molar-refractivity contribution in [3.63, 3.8) is 0 Å². The van der Waals surface area contributed by atoms with Crippen LogP contribution in [0.4, 0.5) is 13.6 Å². The van der Waals surface area contributed by atoms with Crippen LogP contribution in [0.3, 0.4) is 0 Å². The Kier molecular flexibility index (Phi) is 11.9. The number of piperazine rings is 1. The van der Waals surface area contributed by atoms with Gasteiger partial charge in [-0.3, -0.25) is 14.8 Å². The van der Waals surface area contributed by atoms with Gasteiger partial charge in [-0.05, 0) is 61.0 Å². The Morgan fingerprint density at radius 1 is 1.05 bits per heavy atom. The van der Waals surface area contributed by atoms with E-state index in [1.807, 2.05) is 48.2 Å². The van der Waals surface area contributed by atoms with Gasteiger partial charge in [0.15, 0.2) is 0 Å². The fourth-order valence-electron chi connectivity index (χ4n) is 5.34. The van der Waals surface area contributed by atoms with Crippen molar-refractivity contribution in [3.8, 4) is 5.75 Å². The van der Waals surface area contributed by atoms with Gasteiger partial charge >= 0.3 is 6.03 Å². The molecule has 1 fully saturated rings. The molecule has 2 aromatic carbocycles. The molecular formula is C33H43F2N4O3P. The van der Waals surface area contributed by atoms with Crippen molar-refractivity contribution in [3.05, 3.63) is 83.0 Å². The first-order valence-corrected chi connectivity index (χ1v) is 15.6. The van der Waals surface area contributed by atoms with Crippen LogP contribution in [-0.4, -0.2) is 84.0 Å². The molecule has 0 bridgehead atoms. The van der Waals surface area contributed by atoms with Crippen LogP contribution in [0, 0.1) is 0 Å². The smallest absolute Gasteiger partial charge is 0.326 e. The molecule has 1 N–H and O–H groups in total. The van der Waals surface area contributed by atoms with Gasteiger partial charge in [-0.25, -0.2) is 13.6 Å². The minimum Gasteiger partial charge on any atom is -0.508 e. The molecule has 10 heteroatoms. The summed E-state index contributed by atoms with van der Waals surface area (Å²) in [6.07, 6.45) is 2.62. The molecular weight excluding hydrogens is 569 g/mol. The number of carbonyl (C=O) groups excluding carboxylic acids is 1. The van der Waals surface area contributed by atoms with Gasteiger partial charge in [0, 0.05) is 38.4 Å². The van der Waals surface area contributed by atoms with E-state index in [-0.39, 0.29) is 24.0 Å². The number of phenolic OH excluding ortho intramolecular Hbond substituents is 1. The molecule has 2 aliphatic heterocycles. The molecule has 4 rings (SSSR count). The molecule has 2 aromatic rings. The van der Waals surface area contributed by atoms with Crippen LogP contribution in [0.1, 0.15) is 56.8 Å². The summed E-state index contributed by atoms with van der Waals surface area (Å²) < 4.78 is 32.7. The maximum absolute atomic E-state index is 14.5. The number of phenols is 1. The predicted octanol–water partition coefficient (Wildman–Crippen LogP) is 6.10. The molecule has 0 aliphatic carbocycles. The second kappa shape index (κ2) is 15.6. The topological polar surface area (TPSA) is 68.6 Å². The highest BCUT2D eigenvalue weighted by atomic mass is 31.0. The van der Waals surface area contributed by atoms with Crippen LogP contribution in [0.25, 0.3) is 0 Å². The first kappa shape index (κ1) is 32.8. The van der Waals surface area contributed by atoms with E-state index >= 15 is 0 Å². The van der Waals surface area contributed by atoms with Crippen LogP contribution in [0.2, 0.25) is 0 Å². The normalized spacial score (nSPS) is 20.2. The molecule has 43 heavy (non-hydrogen) atoms. The Morgan fingerprint density at radius 3 is 2.30 bits per heavy atom. The Morgan fingerprint density at radius 2 is 1.70 bits per heavy atom. The molecule has 3 unspecified atom stereocenters. The zero-order chi connectivity index (χ0) is 30.9. The Hall–Kier alpha value is -3.13. The largest absolute Gasteiger partial charge is 0.508 e. The number of rotatable bonds is 11. The first-order valence-electron chi connectivity index (χ1n) is 15.0. The second-order valence-corrected chi connectivity index (χ2v) is 11.6. The number of hydrogen-bond acceptors (Lipinski definition) is 5. The summed E-state index contributed by atoms with van der Waals surface area (Å²) in [4.78, 5) is 25.6. The average Bonchev–Trinajstić information content (AvgIpc) is 3.40. The molecule has 0 aromatic heterocycles.